The van der Waals surface area contributed by atoms with E-state index >= 15 is 0 Å². The maximum atomic E-state index is 12.9. The number of nitrogens with zero attached hydrogens (tertiary/aromatic N) is 1. The average Bonchev–Trinajstić information content (AvgIpc) is 2.57. The van der Waals surface area contributed by atoms with Crippen LogP contribution in [0.4, 0.5) is 11.4 Å². The highest BCUT2D eigenvalue weighted by Crippen LogP contribution is 2.27. The van der Waals surface area contributed by atoms with E-state index in [1.807, 2.05) is 63.2 Å². The molecule has 0 heterocycles. The van der Waals surface area contributed by atoms with E-state index in [4.69, 9.17) is 0 Å². The Labute approximate surface area is 149 Å². The quantitative estimate of drug-likeness (QED) is 0.848. The van der Waals surface area contributed by atoms with Crippen molar-refractivity contribution in [2.24, 2.45) is 5.41 Å². The smallest absolute Gasteiger partial charge is 0.241 e. The summed E-state index contributed by atoms with van der Waals surface area (Å²) in [5, 5.41) is 2.95. The number of hydrogen-bond donors (Lipinski definition) is 1. The predicted octanol–water partition coefficient (Wildman–Crippen LogP) is 4.24. The first kappa shape index (κ1) is 18.7. The van der Waals surface area contributed by atoms with Gasteiger partial charge in [-0.05, 0) is 57.9 Å². The summed E-state index contributed by atoms with van der Waals surface area (Å²) in [5.74, 6) is -0.561. The van der Waals surface area contributed by atoms with E-state index in [0.717, 1.165) is 28.1 Å². The van der Waals surface area contributed by atoms with Crippen LogP contribution in [0.3, 0.4) is 0 Å². The van der Waals surface area contributed by atoms with Crippen molar-refractivity contribution >= 4 is 23.2 Å². The molecule has 0 fully saturated rings. The number of carbonyl (C=O) groups excluding carboxylic acids is 2. The number of hydrogen-bond acceptors (Lipinski definition) is 2. The van der Waals surface area contributed by atoms with Gasteiger partial charge in [-0.1, -0.05) is 35.9 Å². The Balaban J connectivity index is 2.24. The van der Waals surface area contributed by atoms with E-state index in [1.54, 1.807) is 20.9 Å². The SMILES string of the molecule is Cc1cc(C)c(NC(=O)C(C)(C)C(=O)N(C)c2ccccc2)c(C)c1. The lowest BCUT2D eigenvalue weighted by Crippen LogP contribution is -2.46. The van der Waals surface area contributed by atoms with Gasteiger partial charge in [-0.3, -0.25) is 9.59 Å². The van der Waals surface area contributed by atoms with Crippen LogP contribution in [0.2, 0.25) is 0 Å². The number of para-hydroxylation sites is 1. The Bertz CT molecular complexity index is 772. The van der Waals surface area contributed by atoms with E-state index < -0.39 is 5.41 Å². The van der Waals surface area contributed by atoms with Crippen LogP contribution in [-0.2, 0) is 9.59 Å². The fraction of sp³-hybridized carbons (Fsp3) is 0.333. The molecule has 4 heteroatoms. The molecule has 2 rings (SSSR count). The summed E-state index contributed by atoms with van der Waals surface area (Å²) in [6.07, 6.45) is 0. The predicted molar refractivity (Wildman–Crippen MR) is 103 cm³/mol. The van der Waals surface area contributed by atoms with Crippen molar-refractivity contribution < 1.29 is 9.59 Å². The lowest BCUT2D eigenvalue weighted by molar-refractivity contribution is -0.136. The van der Waals surface area contributed by atoms with Crippen LogP contribution >= 0.6 is 0 Å². The molecule has 132 valence electrons. The third kappa shape index (κ3) is 3.90. The fourth-order valence-electron chi connectivity index (χ4n) is 2.93. The maximum Gasteiger partial charge on any atom is 0.241 e. The van der Waals surface area contributed by atoms with Crippen molar-refractivity contribution in [3.63, 3.8) is 0 Å². The topological polar surface area (TPSA) is 49.4 Å². The Morgan fingerprint density at radius 1 is 0.960 bits per heavy atom. The summed E-state index contributed by atoms with van der Waals surface area (Å²) in [6.45, 7) is 9.25. The Morgan fingerprint density at radius 2 is 1.48 bits per heavy atom. The zero-order chi connectivity index (χ0) is 18.8. The molecule has 4 nitrogen and oxygen atoms in total. The van der Waals surface area contributed by atoms with E-state index in [9.17, 15) is 9.59 Å². The van der Waals surface area contributed by atoms with Crippen molar-refractivity contribution in [1.82, 2.24) is 0 Å². The highest BCUT2D eigenvalue weighted by Gasteiger charge is 2.39. The second-order valence-corrected chi connectivity index (χ2v) is 7.05. The summed E-state index contributed by atoms with van der Waals surface area (Å²) >= 11 is 0. The molecule has 0 atom stereocenters. The first-order valence-corrected chi connectivity index (χ1v) is 8.37. The van der Waals surface area contributed by atoms with Crippen molar-refractivity contribution in [3.8, 4) is 0 Å². The molecular formula is C21H26N2O2. The minimum Gasteiger partial charge on any atom is -0.325 e. The number of benzene rings is 2. The molecular weight excluding hydrogens is 312 g/mol. The molecule has 0 aliphatic rings. The van der Waals surface area contributed by atoms with Gasteiger partial charge < -0.3 is 10.2 Å². The maximum absolute atomic E-state index is 12.9. The molecule has 0 bridgehead atoms. The number of carbonyl (C=O) groups is 2. The lowest BCUT2D eigenvalue weighted by atomic mass is 9.89. The lowest BCUT2D eigenvalue weighted by Gasteiger charge is -2.29. The number of anilines is 2. The molecule has 25 heavy (non-hydrogen) atoms. The van der Waals surface area contributed by atoms with Gasteiger partial charge in [0, 0.05) is 18.4 Å². The standard InChI is InChI=1S/C21H26N2O2/c1-14-12-15(2)18(16(3)13-14)22-19(24)21(4,5)20(25)23(6)17-10-8-7-9-11-17/h7-13H,1-6H3,(H,22,24). The summed E-state index contributed by atoms with van der Waals surface area (Å²) in [5.41, 5.74) is 3.48. The summed E-state index contributed by atoms with van der Waals surface area (Å²) in [7, 11) is 1.69. The first-order valence-electron chi connectivity index (χ1n) is 8.37. The molecule has 0 aliphatic heterocycles. The van der Waals surface area contributed by atoms with Crippen LogP contribution in [0.25, 0.3) is 0 Å². The first-order chi connectivity index (χ1) is 11.6. The normalized spacial score (nSPS) is 11.1. The van der Waals surface area contributed by atoms with E-state index in [0.29, 0.717) is 0 Å². The zero-order valence-electron chi connectivity index (χ0n) is 15.8. The second kappa shape index (κ2) is 7.09. The van der Waals surface area contributed by atoms with Crippen molar-refractivity contribution in [3.05, 3.63) is 59.2 Å². The largest absolute Gasteiger partial charge is 0.325 e. The average molecular weight is 338 g/mol. The molecule has 2 amide bonds. The molecule has 0 radical (unpaired) electrons. The third-order valence-electron chi connectivity index (χ3n) is 4.47. The van der Waals surface area contributed by atoms with Crippen LogP contribution in [0.5, 0.6) is 0 Å². The Hall–Kier alpha value is -2.62. The summed E-state index contributed by atoms with van der Waals surface area (Å²) in [4.78, 5) is 27.3. The fourth-order valence-corrected chi connectivity index (χ4v) is 2.93. The van der Waals surface area contributed by atoms with Crippen molar-refractivity contribution in [2.75, 3.05) is 17.3 Å². The molecule has 0 unspecified atom stereocenters. The van der Waals surface area contributed by atoms with Gasteiger partial charge in [0.15, 0.2) is 0 Å². The number of aryl methyl sites for hydroxylation is 3. The van der Waals surface area contributed by atoms with Crippen molar-refractivity contribution in [2.45, 2.75) is 34.6 Å². The molecule has 2 aromatic rings. The van der Waals surface area contributed by atoms with E-state index in [-0.39, 0.29) is 11.8 Å². The van der Waals surface area contributed by atoms with Crippen LogP contribution in [0.15, 0.2) is 42.5 Å². The van der Waals surface area contributed by atoms with Gasteiger partial charge >= 0.3 is 0 Å². The highest BCUT2D eigenvalue weighted by molar-refractivity contribution is 6.15. The Morgan fingerprint density at radius 3 is 2.00 bits per heavy atom. The number of nitrogens with one attached hydrogen (secondary N) is 1. The Kier molecular flexibility index (Phi) is 5.31. The molecule has 0 saturated carbocycles. The van der Waals surface area contributed by atoms with E-state index in [2.05, 4.69) is 5.32 Å². The monoisotopic (exact) mass is 338 g/mol. The van der Waals surface area contributed by atoms with Crippen LogP contribution in [0, 0.1) is 26.2 Å². The number of rotatable bonds is 4. The summed E-state index contributed by atoms with van der Waals surface area (Å²) in [6, 6.07) is 13.4. The van der Waals surface area contributed by atoms with Gasteiger partial charge in [-0.15, -0.1) is 0 Å². The van der Waals surface area contributed by atoms with Crippen molar-refractivity contribution in [1.29, 1.82) is 0 Å². The van der Waals surface area contributed by atoms with Crippen LogP contribution in [0.1, 0.15) is 30.5 Å². The van der Waals surface area contributed by atoms with Crippen LogP contribution < -0.4 is 10.2 Å². The minimum atomic E-state index is -1.19. The minimum absolute atomic E-state index is 0.251. The zero-order valence-corrected chi connectivity index (χ0v) is 15.8. The van der Waals surface area contributed by atoms with Gasteiger partial charge in [0.1, 0.15) is 5.41 Å². The molecule has 0 spiro atoms. The molecule has 1 N–H and O–H groups in total. The highest BCUT2D eigenvalue weighted by atomic mass is 16.2. The van der Waals surface area contributed by atoms with Gasteiger partial charge in [0.05, 0.1) is 0 Å². The second-order valence-electron chi connectivity index (χ2n) is 7.05. The van der Waals surface area contributed by atoms with E-state index in [1.165, 1.54) is 4.90 Å². The third-order valence-corrected chi connectivity index (χ3v) is 4.47. The molecule has 0 aromatic heterocycles. The van der Waals surface area contributed by atoms with Gasteiger partial charge in [-0.25, -0.2) is 0 Å². The van der Waals surface area contributed by atoms with Gasteiger partial charge in [-0.2, -0.15) is 0 Å². The summed E-state index contributed by atoms with van der Waals surface area (Å²) < 4.78 is 0. The van der Waals surface area contributed by atoms with Crippen LogP contribution in [-0.4, -0.2) is 18.9 Å². The van der Waals surface area contributed by atoms with Gasteiger partial charge in [0.25, 0.3) is 0 Å². The van der Waals surface area contributed by atoms with Gasteiger partial charge in [0.2, 0.25) is 11.8 Å². The number of amides is 2. The molecule has 0 saturated heterocycles. The molecule has 0 aliphatic carbocycles. The molecule has 2 aromatic carbocycles.